The summed E-state index contributed by atoms with van der Waals surface area (Å²) in [4.78, 5) is 0. The molecule has 2 fully saturated rings. The Bertz CT molecular complexity index is 181. The summed E-state index contributed by atoms with van der Waals surface area (Å²) in [6, 6.07) is 1.62. The van der Waals surface area contributed by atoms with Gasteiger partial charge < -0.3 is 10.6 Å². The summed E-state index contributed by atoms with van der Waals surface area (Å²) in [6.45, 7) is 4.86. The first-order valence-corrected chi connectivity index (χ1v) is 7.37. The highest BCUT2D eigenvalue weighted by Crippen LogP contribution is 2.24. The average Bonchev–Trinajstić information content (AvgIpc) is 2.38. The van der Waals surface area contributed by atoms with Gasteiger partial charge in [-0.05, 0) is 51.1 Å². The van der Waals surface area contributed by atoms with Gasteiger partial charge in [0.05, 0.1) is 0 Å². The number of hydrogen-bond acceptors (Lipinski definition) is 2. The molecule has 0 bridgehead atoms. The average molecular weight is 224 g/mol. The first-order valence-electron chi connectivity index (χ1n) is 7.37. The second-order valence-corrected chi connectivity index (χ2v) is 5.61. The molecule has 0 aromatic rings. The third-order valence-electron chi connectivity index (χ3n) is 4.44. The van der Waals surface area contributed by atoms with Crippen LogP contribution in [0.25, 0.3) is 0 Å². The molecule has 3 unspecified atom stereocenters. The minimum absolute atomic E-state index is 0.808. The molecule has 0 spiro atoms. The molecule has 94 valence electrons. The summed E-state index contributed by atoms with van der Waals surface area (Å²) in [5.74, 6) is 0.899. The van der Waals surface area contributed by atoms with Crippen molar-refractivity contribution >= 4 is 0 Å². The number of nitrogens with one attached hydrogen (secondary N) is 2. The molecule has 2 saturated heterocycles. The van der Waals surface area contributed by atoms with Gasteiger partial charge in [0, 0.05) is 12.1 Å². The van der Waals surface area contributed by atoms with Crippen molar-refractivity contribution in [2.75, 3.05) is 13.1 Å². The molecule has 2 nitrogen and oxygen atoms in total. The molecule has 2 rings (SSSR count). The summed E-state index contributed by atoms with van der Waals surface area (Å²) in [6.07, 6.45) is 11.2. The molecule has 0 saturated carbocycles. The second-order valence-electron chi connectivity index (χ2n) is 5.61. The van der Waals surface area contributed by atoms with E-state index in [1.54, 1.807) is 0 Å². The SMILES string of the molecule is CCC(CC1CCCCN1)C1CCCCN1. The largest absolute Gasteiger partial charge is 0.314 e. The number of rotatable bonds is 4. The molecule has 0 radical (unpaired) electrons. The maximum atomic E-state index is 3.73. The summed E-state index contributed by atoms with van der Waals surface area (Å²) in [5, 5.41) is 7.43. The normalized spacial score (nSPS) is 33.6. The highest BCUT2D eigenvalue weighted by atomic mass is 14.9. The second kappa shape index (κ2) is 6.61. The van der Waals surface area contributed by atoms with Crippen LogP contribution in [0.1, 0.15) is 58.3 Å². The summed E-state index contributed by atoms with van der Waals surface area (Å²) >= 11 is 0. The van der Waals surface area contributed by atoms with Crippen molar-refractivity contribution in [3.05, 3.63) is 0 Å². The summed E-state index contributed by atoms with van der Waals surface area (Å²) < 4.78 is 0. The Morgan fingerprint density at radius 2 is 1.75 bits per heavy atom. The highest BCUT2D eigenvalue weighted by Gasteiger charge is 2.25. The van der Waals surface area contributed by atoms with Crippen LogP contribution in [0.3, 0.4) is 0 Å². The standard InChI is InChI=1S/C14H28N2/c1-2-12(14-8-4-6-10-16-14)11-13-7-3-5-9-15-13/h12-16H,2-11H2,1H3. The Kier molecular flexibility index (Phi) is 5.11. The first kappa shape index (κ1) is 12.4. The molecular formula is C14H28N2. The minimum Gasteiger partial charge on any atom is -0.314 e. The maximum absolute atomic E-state index is 3.73. The first-order chi connectivity index (χ1) is 7.90. The summed E-state index contributed by atoms with van der Waals surface area (Å²) in [5.41, 5.74) is 0. The Hall–Kier alpha value is -0.0800. The van der Waals surface area contributed by atoms with Gasteiger partial charge in [-0.25, -0.2) is 0 Å². The van der Waals surface area contributed by atoms with Gasteiger partial charge in [0.15, 0.2) is 0 Å². The van der Waals surface area contributed by atoms with Gasteiger partial charge in [0.25, 0.3) is 0 Å². The molecule has 2 heteroatoms. The Morgan fingerprint density at radius 1 is 1.00 bits per heavy atom. The predicted octanol–water partition coefficient (Wildman–Crippen LogP) is 2.69. The van der Waals surface area contributed by atoms with Crippen LogP contribution < -0.4 is 10.6 Å². The van der Waals surface area contributed by atoms with Crippen LogP contribution in [0, 0.1) is 5.92 Å². The third kappa shape index (κ3) is 3.46. The van der Waals surface area contributed by atoms with E-state index < -0.39 is 0 Å². The molecule has 0 amide bonds. The molecule has 16 heavy (non-hydrogen) atoms. The van der Waals surface area contributed by atoms with Gasteiger partial charge in [0.2, 0.25) is 0 Å². The molecule has 2 aliphatic heterocycles. The van der Waals surface area contributed by atoms with Crippen LogP contribution in [-0.4, -0.2) is 25.2 Å². The molecule has 0 aliphatic carbocycles. The van der Waals surface area contributed by atoms with Crippen molar-refractivity contribution in [1.82, 2.24) is 10.6 Å². The fourth-order valence-electron chi connectivity index (χ4n) is 3.39. The van der Waals surface area contributed by atoms with Gasteiger partial charge in [0.1, 0.15) is 0 Å². The number of hydrogen-bond donors (Lipinski definition) is 2. The van der Waals surface area contributed by atoms with Gasteiger partial charge in [-0.2, -0.15) is 0 Å². The van der Waals surface area contributed by atoms with E-state index in [1.807, 2.05) is 0 Å². The van der Waals surface area contributed by atoms with Crippen molar-refractivity contribution < 1.29 is 0 Å². The lowest BCUT2D eigenvalue weighted by atomic mass is 9.84. The Morgan fingerprint density at radius 3 is 2.31 bits per heavy atom. The molecule has 2 heterocycles. The van der Waals surface area contributed by atoms with E-state index in [0.717, 1.165) is 18.0 Å². The van der Waals surface area contributed by atoms with E-state index in [1.165, 1.54) is 64.5 Å². The third-order valence-corrected chi connectivity index (χ3v) is 4.44. The lowest BCUT2D eigenvalue weighted by Crippen LogP contribution is -2.43. The molecule has 3 atom stereocenters. The van der Waals surface area contributed by atoms with Crippen LogP contribution in [0.15, 0.2) is 0 Å². The maximum Gasteiger partial charge on any atom is 0.00958 e. The quantitative estimate of drug-likeness (QED) is 0.767. The molecule has 0 aromatic heterocycles. The van der Waals surface area contributed by atoms with E-state index in [-0.39, 0.29) is 0 Å². The molecular weight excluding hydrogens is 196 g/mol. The smallest absolute Gasteiger partial charge is 0.00958 e. The monoisotopic (exact) mass is 224 g/mol. The molecule has 2 aliphatic rings. The van der Waals surface area contributed by atoms with Crippen molar-refractivity contribution in [3.8, 4) is 0 Å². The Balaban J connectivity index is 1.78. The van der Waals surface area contributed by atoms with Crippen LogP contribution >= 0.6 is 0 Å². The van der Waals surface area contributed by atoms with Gasteiger partial charge in [-0.3, -0.25) is 0 Å². The van der Waals surface area contributed by atoms with Crippen molar-refractivity contribution in [1.29, 1.82) is 0 Å². The topological polar surface area (TPSA) is 24.1 Å². The van der Waals surface area contributed by atoms with E-state index in [0.29, 0.717) is 0 Å². The molecule has 0 aromatic carbocycles. The lowest BCUT2D eigenvalue weighted by Gasteiger charge is -2.34. The summed E-state index contributed by atoms with van der Waals surface area (Å²) in [7, 11) is 0. The van der Waals surface area contributed by atoms with Crippen molar-refractivity contribution in [2.24, 2.45) is 5.92 Å². The fourth-order valence-corrected chi connectivity index (χ4v) is 3.39. The lowest BCUT2D eigenvalue weighted by molar-refractivity contribution is 0.236. The van der Waals surface area contributed by atoms with E-state index in [2.05, 4.69) is 17.6 Å². The highest BCUT2D eigenvalue weighted by molar-refractivity contribution is 4.84. The zero-order valence-corrected chi connectivity index (χ0v) is 10.8. The van der Waals surface area contributed by atoms with Crippen molar-refractivity contribution in [3.63, 3.8) is 0 Å². The zero-order chi connectivity index (χ0) is 11.2. The number of piperidine rings is 2. The van der Waals surface area contributed by atoms with Gasteiger partial charge in [-0.1, -0.05) is 26.2 Å². The van der Waals surface area contributed by atoms with Gasteiger partial charge in [-0.15, -0.1) is 0 Å². The predicted molar refractivity (Wildman–Crippen MR) is 69.7 cm³/mol. The molecule has 2 N–H and O–H groups in total. The Labute approximate surface area is 101 Å². The van der Waals surface area contributed by atoms with Crippen molar-refractivity contribution in [2.45, 2.75) is 70.4 Å². The zero-order valence-electron chi connectivity index (χ0n) is 10.8. The van der Waals surface area contributed by atoms with E-state index >= 15 is 0 Å². The fraction of sp³-hybridized carbons (Fsp3) is 1.00. The van der Waals surface area contributed by atoms with Crippen LogP contribution in [0.5, 0.6) is 0 Å². The van der Waals surface area contributed by atoms with E-state index in [9.17, 15) is 0 Å². The van der Waals surface area contributed by atoms with E-state index in [4.69, 9.17) is 0 Å². The van der Waals surface area contributed by atoms with Crippen LogP contribution in [0.4, 0.5) is 0 Å². The minimum atomic E-state index is 0.808. The van der Waals surface area contributed by atoms with Gasteiger partial charge >= 0.3 is 0 Å². The van der Waals surface area contributed by atoms with Crippen LogP contribution in [0.2, 0.25) is 0 Å². The van der Waals surface area contributed by atoms with Crippen LogP contribution in [-0.2, 0) is 0 Å².